The molecule has 0 bridgehead atoms. The fourth-order valence-electron chi connectivity index (χ4n) is 4.12. The molecule has 1 aromatic carbocycles. The van der Waals surface area contributed by atoms with Gasteiger partial charge in [-0.2, -0.15) is 0 Å². The molecule has 2 unspecified atom stereocenters. The third kappa shape index (κ3) is 9.88. The first-order valence-corrected chi connectivity index (χ1v) is 14.9. The molecule has 2 N–H and O–H groups in total. The average Bonchev–Trinajstić information content (AvgIpc) is 3.53. The Morgan fingerprint density at radius 3 is 2.32 bits per heavy atom. The maximum Gasteiger partial charge on any atom is 0.410 e. The van der Waals surface area contributed by atoms with Gasteiger partial charge in [0, 0.05) is 35.0 Å². The van der Waals surface area contributed by atoms with Crippen molar-refractivity contribution in [1.82, 2.24) is 14.9 Å². The van der Waals surface area contributed by atoms with Gasteiger partial charge in [0.2, 0.25) is 0 Å². The van der Waals surface area contributed by atoms with Crippen molar-refractivity contribution in [1.29, 1.82) is 0 Å². The summed E-state index contributed by atoms with van der Waals surface area (Å²) in [4.78, 5) is 42.3. The van der Waals surface area contributed by atoms with Crippen molar-refractivity contribution >= 4 is 34.8 Å². The van der Waals surface area contributed by atoms with Crippen LogP contribution in [0.1, 0.15) is 85.9 Å². The van der Waals surface area contributed by atoms with Gasteiger partial charge in [0.15, 0.2) is 5.43 Å². The molecule has 1 fully saturated rings. The van der Waals surface area contributed by atoms with Crippen molar-refractivity contribution in [2.45, 2.75) is 93.2 Å². The van der Waals surface area contributed by atoms with E-state index in [9.17, 15) is 9.59 Å². The van der Waals surface area contributed by atoms with E-state index in [1.54, 1.807) is 30.6 Å². The largest absolute Gasteiger partial charge is 0.496 e. The summed E-state index contributed by atoms with van der Waals surface area (Å²) in [6.07, 6.45) is 0.912. The maximum absolute atomic E-state index is 12.4. The van der Waals surface area contributed by atoms with Crippen LogP contribution in [0.15, 0.2) is 28.4 Å². The molecule has 1 aliphatic heterocycles. The summed E-state index contributed by atoms with van der Waals surface area (Å²) < 4.78 is 10.7. The molecule has 1 aliphatic rings. The number of benzene rings is 1. The smallest absolute Gasteiger partial charge is 0.410 e. The standard InChI is InChI=1S/C17H18N2O2S.C11H21NO2.C2H6.CH2O2/c1-9(2)13-8-22-17(19-13)12-7-14(20)11-5-6-15(21-4)10(3)16(11)18-12;1-8-6-7-12(9(8)2)10(13)14-11(3,4)5;1-2;2-1-3/h5-9H,1-4H3,(H,18,20);8-9H,6-7H2,1-5H3;1-2H3;1H,(H,2,3). The van der Waals surface area contributed by atoms with Crippen LogP contribution in [0.2, 0.25) is 0 Å². The summed E-state index contributed by atoms with van der Waals surface area (Å²) in [6, 6.07) is 5.56. The second-order valence-corrected chi connectivity index (χ2v) is 11.7. The molecule has 4 rings (SSSR count). The number of aromatic nitrogens is 2. The normalized spacial score (nSPS) is 16.0. The number of H-pyrrole nitrogens is 1. The van der Waals surface area contributed by atoms with Crippen LogP contribution >= 0.6 is 11.3 Å². The number of carbonyl (C=O) groups is 2. The Bertz CT molecular complexity index is 1330. The Hall–Kier alpha value is -3.40. The van der Waals surface area contributed by atoms with Crippen molar-refractivity contribution < 1.29 is 24.2 Å². The van der Waals surface area contributed by atoms with Crippen LogP contribution < -0.4 is 10.2 Å². The Labute approximate surface area is 247 Å². The number of pyridine rings is 1. The van der Waals surface area contributed by atoms with Crippen LogP contribution in [0.25, 0.3) is 21.6 Å². The fraction of sp³-hybridized carbons (Fsp3) is 0.548. The van der Waals surface area contributed by atoms with E-state index < -0.39 is 0 Å². The van der Waals surface area contributed by atoms with Gasteiger partial charge in [-0.05, 0) is 65.0 Å². The lowest BCUT2D eigenvalue weighted by atomic mass is 10.1. The molecule has 9 nitrogen and oxygen atoms in total. The Kier molecular flexibility index (Phi) is 14.0. The summed E-state index contributed by atoms with van der Waals surface area (Å²) >= 11 is 1.55. The molecule has 1 saturated heterocycles. The van der Waals surface area contributed by atoms with Gasteiger partial charge in [-0.3, -0.25) is 9.59 Å². The van der Waals surface area contributed by atoms with E-state index in [1.807, 2.05) is 57.9 Å². The minimum absolute atomic E-state index is 0.00389. The Morgan fingerprint density at radius 1 is 1.24 bits per heavy atom. The maximum atomic E-state index is 12.4. The van der Waals surface area contributed by atoms with Crippen molar-refractivity contribution in [3.05, 3.63) is 45.1 Å². The quantitative estimate of drug-likeness (QED) is 0.304. The molecule has 2 aromatic heterocycles. The number of carbonyl (C=O) groups excluding carboxylic acids is 1. The van der Waals surface area contributed by atoms with Crippen molar-refractivity contribution in [2.24, 2.45) is 5.92 Å². The summed E-state index contributed by atoms with van der Waals surface area (Å²) in [5, 5.41) is 10.4. The van der Waals surface area contributed by atoms with Gasteiger partial charge >= 0.3 is 6.09 Å². The minimum Gasteiger partial charge on any atom is -0.496 e. The monoisotopic (exact) mass is 589 g/mol. The van der Waals surface area contributed by atoms with Crippen molar-refractivity contribution in [2.75, 3.05) is 13.7 Å². The van der Waals surface area contributed by atoms with Crippen LogP contribution in [0, 0.1) is 12.8 Å². The van der Waals surface area contributed by atoms with E-state index >= 15 is 0 Å². The number of nitrogens with one attached hydrogen (secondary N) is 1. The lowest BCUT2D eigenvalue weighted by Crippen LogP contribution is -2.39. The van der Waals surface area contributed by atoms with Gasteiger partial charge in [0.05, 0.1) is 24.0 Å². The number of fused-ring (bicyclic) bond motifs is 1. The zero-order valence-electron chi connectivity index (χ0n) is 26.3. The lowest BCUT2D eigenvalue weighted by molar-refractivity contribution is -0.122. The fourth-order valence-corrected chi connectivity index (χ4v) is 5.08. The number of hydrogen-bond donors (Lipinski definition) is 2. The number of likely N-dealkylation sites (tertiary alicyclic amines) is 1. The number of rotatable bonds is 3. The first kappa shape index (κ1) is 35.6. The summed E-state index contributed by atoms with van der Waals surface area (Å²) in [5.74, 6) is 1.73. The summed E-state index contributed by atoms with van der Waals surface area (Å²) in [5.41, 5.74) is 3.15. The number of aromatic amines is 1. The highest BCUT2D eigenvalue weighted by molar-refractivity contribution is 7.13. The van der Waals surface area contributed by atoms with Crippen LogP contribution in [0.3, 0.4) is 0 Å². The van der Waals surface area contributed by atoms with Gasteiger partial charge in [-0.15, -0.1) is 11.3 Å². The second kappa shape index (κ2) is 16.1. The zero-order chi connectivity index (χ0) is 31.5. The van der Waals surface area contributed by atoms with Gasteiger partial charge in [0.25, 0.3) is 6.47 Å². The number of nitrogens with zero attached hydrogens (tertiary/aromatic N) is 2. The highest BCUT2D eigenvalue weighted by atomic mass is 32.1. The molecule has 0 radical (unpaired) electrons. The minimum atomic E-state index is -0.386. The molecule has 1 amide bonds. The second-order valence-electron chi connectivity index (χ2n) is 10.9. The average molecular weight is 590 g/mol. The molecule has 3 heterocycles. The van der Waals surface area contributed by atoms with Crippen LogP contribution in [0.4, 0.5) is 4.79 Å². The van der Waals surface area contributed by atoms with Gasteiger partial charge in [-0.25, -0.2) is 9.78 Å². The summed E-state index contributed by atoms with van der Waals surface area (Å²) in [7, 11) is 1.63. The molecule has 0 spiro atoms. The zero-order valence-corrected chi connectivity index (χ0v) is 27.1. The number of carboxylic acid groups (broad SMARTS) is 1. The molecule has 2 atom stereocenters. The lowest BCUT2D eigenvalue weighted by Gasteiger charge is -2.27. The van der Waals surface area contributed by atoms with E-state index in [0.29, 0.717) is 23.3 Å². The first-order chi connectivity index (χ1) is 19.2. The van der Waals surface area contributed by atoms with E-state index in [0.717, 1.165) is 46.2 Å². The molecule has 0 aliphatic carbocycles. The molecule has 0 saturated carbocycles. The highest BCUT2D eigenvalue weighted by Crippen LogP contribution is 2.29. The Balaban J connectivity index is 0.000000381. The van der Waals surface area contributed by atoms with Crippen LogP contribution in [0.5, 0.6) is 5.75 Å². The molecular formula is C31H47N3O6S. The van der Waals surface area contributed by atoms with E-state index in [2.05, 4.69) is 37.7 Å². The van der Waals surface area contributed by atoms with Gasteiger partial charge < -0.3 is 24.5 Å². The first-order valence-electron chi connectivity index (χ1n) is 14.0. The van der Waals surface area contributed by atoms with E-state index in [-0.39, 0.29) is 23.6 Å². The third-order valence-electron chi connectivity index (χ3n) is 6.55. The molecule has 10 heteroatoms. The van der Waals surface area contributed by atoms with Crippen molar-refractivity contribution in [3.63, 3.8) is 0 Å². The van der Waals surface area contributed by atoms with Crippen molar-refractivity contribution in [3.8, 4) is 16.5 Å². The number of methoxy groups -OCH3 is 1. The van der Waals surface area contributed by atoms with Crippen LogP contribution in [-0.2, 0) is 9.53 Å². The number of thiazole rings is 1. The predicted octanol–water partition coefficient (Wildman–Crippen LogP) is 7.47. The van der Waals surface area contributed by atoms with E-state index in [4.69, 9.17) is 19.4 Å². The molecule has 41 heavy (non-hydrogen) atoms. The van der Waals surface area contributed by atoms with E-state index in [1.165, 1.54) is 0 Å². The van der Waals surface area contributed by atoms with Crippen LogP contribution in [-0.4, -0.2) is 57.8 Å². The topological polar surface area (TPSA) is 122 Å². The molecule has 228 valence electrons. The predicted molar refractivity (Wildman–Crippen MR) is 167 cm³/mol. The van der Waals surface area contributed by atoms with Gasteiger partial charge in [0.1, 0.15) is 16.4 Å². The Morgan fingerprint density at radius 2 is 1.85 bits per heavy atom. The number of aryl methyl sites for hydroxylation is 1. The molecular weight excluding hydrogens is 542 g/mol. The SMILES string of the molecule is CC.CC1CCN(C(=O)OC(C)(C)C)C1C.COc1ccc2c(=O)cc(-c3nc(C(C)C)cs3)[nH]c2c1C.O=CO. The summed E-state index contributed by atoms with van der Waals surface area (Å²) in [6.45, 7) is 20.7. The number of hydrogen-bond acceptors (Lipinski definition) is 7. The third-order valence-corrected chi connectivity index (χ3v) is 7.44. The number of amides is 1. The number of ether oxygens (including phenoxy) is 2. The molecule has 3 aromatic rings. The highest BCUT2D eigenvalue weighted by Gasteiger charge is 2.33. The van der Waals surface area contributed by atoms with Gasteiger partial charge in [-0.1, -0.05) is 34.6 Å².